The topological polar surface area (TPSA) is 76.4 Å². The van der Waals surface area contributed by atoms with Crippen molar-refractivity contribution in [2.24, 2.45) is 0 Å². The lowest BCUT2D eigenvalue weighted by atomic mass is 9.86. The van der Waals surface area contributed by atoms with E-state index in [9.17, 15) is 13.2 Å². The van der Waals surface area contributed by atoms with E-state index in [2.05, 4.69) is 32.9 Å². The molecule has 0 spiro atoms. The number of carbonyl (C=O) groups is 1. The summed E-state index contributed by atoms with van der Waals surface area (Å²) in [7, 11) is -3.70. The molecule has 36 heavy (non-hydrogen) atoms. The number of hydrogen-bond acceptors (Lipinski definition) is 3. The fourth-order valence-corrected chi connectivity index (χ4v) is 5.71. The number of benzene rings is 3. The van der Waals surface area contributed by atoms with E-state index in [4.69, 9.17) is 5.11 Å². The number of carboxylic acids is 1. The van der Waals surface area contributed by atoms with Crippen LogP contribution in [0, 0.1) is 6.92 Å². The van der Waals surface area contributed by atoms with Gasteiger partial charge in [-0.05, 0) is 59.4 Å². The Balaban J connectivity index is 1.68. The molecule has 0 saturated carbocycles. The van der Waals surface area contributed by atoms with Gasteiger partial charge in [0.1, 0.15) is 0 Å². The number of aromatic nitrogens is 1. The quantitative estimate of drug-likeness (QED) is 0.317. The zero-order valence-corrected chi connectivity index (χ0v) is 21.8. The monoisotopic (exact) mass is 501 g/mol. The number of nitrogens with zero attached hydrogens (tertiary/aromatic N) is 1. The molecule has 0 atom stereocenters. The average molecular weight is 502 g/mol. The third-order valence-corrected chi connectivity index (χ3v) is 7.82. The Morgan fingerprint density at radius 3 is 2.36 bits per heavy atom. The number of fused-ring (bicyclic) bond motifs is 1. The van der Waals surface area contributed by atoms with Crippen LogP contribution in [0.1, 0.15) is 59.1 Å². The Morgan fingerprint density at radius 2 is 1.69 bits per heavy atom. The maximum absolute atomic E-state index is 13.6. The first-order valence-electron chi connectivity index (χ1n) is 11.9. The summed E-state index contributed by atoms with van der Waals surface area (Å²) in [6, 6.07) is 22.3. The first kappa shape index (κ1) is 25.5. The van der Waals surface area contributed by atoms with Crippen molar-refractivity contribution in [1.82, 2.24) is 3.97 Å². The van der Waals surface area contributed by atoms with Crippen molar-refractivity contribution in [3.05, 3.63) is 112 Å². The second-order valence-electron chi connectivity index (χ2n) is 10.2. The van der Waals surface area contributed by atoms with Gasteiger partial charge in [0.05, 0.1) is 16.8 Å². The summed E-state index contributed by atoms with van der Waals surface area (Å²) in [6.45, 7) is 8.42. The molecule has 0 fully saturated rings. The summed E-state index contributed by atoms with van der Waals surface area (Å²) in [5.41, 5.74) is 5.53. The zero-order chi connectivity index (χ0) is 26.1. The standard InChI is InChI=1S/C30H31NO4S/c1-21-10-15-28-25(17-21)20-27(19-23-11-13-24(14-12-23)29(32)33)31(28)36(34,35)16-6-8-22-7-5-9-26(18-22)30(2,3)4/h5-15,17-18,20H,16,19H2,1-4H3,(H,32,33). The van der Waals surface area contributed by atoms with Gasteiger partial charge in [0, 0.05) is 17.5 Å². The van der Waals surface area contributed by atoms with Crippen LogP contribution in [0.4, 0.5) is 0 Å². The molecular formula is C30H31NO4S. The molecule has 1 N–H and O–H groups in total. The Kier molecular flexibility index (Phi) is 6.92. The summed E-state index contributed by atoms with van der Waals surface area (Å²) in [6.07, 6.45) is 3.92. The highest BCUT2D eigenvalue weighted by Crippen LogP contribution is 2.26. The molecule has 5 nitrogen and oxygen atoms in total. The highest BCUT2D eigenvalue weighted by Gasteiger charge is 2.20. The van der Waals surface area contributed by atoms with Crippen molar-refractivity contribution in [3.8, 4) is 0 Å². The minimum atomic E-state index is -3.70. The largest absolute Gasteiger partial charge is 0.478 e. The van der Waals surface area contributed by atoms with Gasteiger partial charge in [0.15, 0.2) is 0 Å². The van der Waals surface area contributed by atoms with Crippen LogP contribution in [0.25, 0.3) is 17.0 Å². The van der Waals surface area contributed by atoms with Crippen LogP contribution in [0.2, 0.25) is 0 Å². The van der Waals surface area contributed by atoms with Gasteiger partial charge in [-0.25, -0.2) is 17.2 Å². The lowest BCUT2D eigenvalue weighted by Crippen LogP contribution is -2.18. The summed E-state index contributed by atoms with van der Waals surface area (Å²) < 4.78 is 28.6. The summed E-state index contributed by atoms with van der Waals surface area (Å²) >= 11 is 0. The van der Waals surface area contributed by atoms with Crippen LogP contribution in [0.3, 0.4) is 0 Å². The fraction of sp³-hybridized carbons (Fsp3) is 0.233. The van der Waals surface area contributed by atoms with Crippen molar-refractivity contribution in [2.45, 2.75) is 39.5 Å². The van der Waals surface area contributed by atoms with Crippen LogP contribution in [-0.2, 0) is 21.9 Å². The Bertz CT molecular complexity index is 1550. The number of rotatable bonds is 7. The maximum Gasteiger partial charge on any atom is 0.335 e. The van der Waals surface area contributed by atoms with Gasteiger partial charge in [-0.15, -0.1) is 0 Å². The lowest BCUT2D eigenvalue weighted by molar-refractivity contribution is 0.0697. The predicted molar refractivity (Wildman–Crippen MR) is 146 cm³/mol. The molecule has 0 aliphatic rings. The molecule has 3 aromatic carbocycles. The highest BCUT2D eigenvalue weighted by molar-refractivity contribution is 7.90. The van der Waals surface area contributed by atoms with E-state index in [0.717, 1.165) is 22.1 Å². The van der Waals surface area contributed by atoms with E-state index in [1.54, 1.807) is 18.2 Å². The molecule has 0 bridgehead atoms. The first-order valence-corrected chi connectivity index (χ1v) is 13.5. The van der Waals surface area contributed by atoms with Crippen molar-refractivity contribution < 1.29 is 18.3 Å². The van der Waals surface area contributed by atoms with Gasteiger partial charge >= 0.3 is 5.97 Å². The molecule has 186 valence electrons. The molecule has 0 amide bonds. The van der Waals surface area contributed by atoms with Gasteiger partial charge < -0.3 is 5.11 Å². The summed E-state index contributed by atoms with van der Waals surface area (Å²) in [4.78, 5) is 11.2. The summed E-state index contributed by atoms with van der Waals surface area (Å²) in [5.74, 6) is -1.14. The second kappa shape index (κ2) is 9.78. The molecule has 4 aromatic rings. The Morgan fingerprint density at radius 1 is 0.972 bits per heavy atom. The van der Waals surface area contributed by atoms with Gasteiger partial charge in [-0.2, -0.15) is 0 Å². The second-order valence-corrected chi connectivity index (χ2v) is 12.1. The Hall–Kier alpha value is -3.64. The maximum atomic E-state index is 13.6. The molecule has 0 aliphatic heterocycles. The van der Waals surface area contributed by atoms with Crippen molar-refractivity contribution in [3.63, 3.8) is 0 Å². The van der Waals surface area contributed by atoms with E-state index >= 15 is 0 Å². The number of hydrogen-bond donors (Lipinski definition) is 1. The number of carboxylic acid groups (broad SMARTS) is 1. The normalized spacial score (nSPS) is 12.4. The SMILES string of the molecule is Cc1ccc2c(c1)cc(Cc1ccc(C(=O)O)cc1)n2S(=O)(=O)CC=Cc1cccc(C(C)(C)C)c1. The van der Waals surface area contributed by atoms with Crippen LogP contribution < -0.4 is 0 Å². The number of aromatic carboxylic acids is 1. The molecule has 0 saturated heterocycles. The van der Waals surface area contributed by atoms with Crippen LogP contribution >= 0.6 is 0 Å². The minimum Gasteiger partial charge on any atom is -0.478 e. The van der Waals surface area contributed by atoms with Crippen molar-refractivity contribution in [1.29, 1.82) is 0 Å². The molecule has 0 radical (unpaired) electrons. The highest BCUT2D eigenvalue weighted by atomic mass is 32.2. The third-order valence-electron chi connectivity index (χ3n) is 6.22. The average Bonchev–Trinajstić information content (AvgIpc) is 3.16. The van der Waals surface area contributed by atoms with Gasteiger partial charge in [0.2, 0.25) is 10.0 Å². The molecule has 1 heterocycles. The van der Waals surface area contributed by atoms with E-state index in [0.29, 0.717) is 17.6 Å². The smallest absolute Gasteiger partial charge is 0.335 e. The fourth-order valence-electron chi connectivity index (χ4n) is 4.28. The third kappa shape index (κ3) is 5.60. The predicted octanol–water partition coefficient (Wildman–Crippen LogP) is 6.43. The van der Waals surface area contributed by atoms with Crippen LogP contribution in [-0.4, -0.2) is 29.2 Å². The molecule has 4 rings (SSSR count). The van der Waals surface area contributed by atoms with Crippen LogP contribution in [0.15, 0.2) is 78.9 Å². The van der Waals surface area contributed by atoms with E-state index in [1.165, 1.54) is 21.7 Å². The molecular weight excluding hydrogens is 470 g/mol. The van der Waals surface area contributed by atoms with E-state index in [-0.39, 0.29) is 16.7 Å². The zero-order valence-electron chi connectivity index (χ0n) is 21.0. The van der Waals surface area contributed by atoms with Gasteiger partial charge in [-0.1, -0.05) is 81.0 Å². The number of aryl methyl sites for hydroxylation is 1. The first-order chi connectivity index (χ1) is 16.9. The minimum absolute atomic E-state index is 0.00961. The van der Waals surface area contributed by atoms with E-state index < -0.39 is 16.0 Å². The van der Waals surface area contributed by atoms with Crippen LogP contribution in [0.5, 0.6) is 0 Å². The van der Waals surface area contributed by atoms with E-state index in [1.807, 2.05) is 49.4 Å². The molecule has 6 heteroatoms. The Labute approximate surface area is 212 Å². The van der Waals surface area contributed by atoms with Crippen molar-refractivity contribution >= 4 is 33.0 Å². The summed E-state index contributed by atoms with van der Waals surface area (Å²) in [5, 5.41) is 10.0. The molecule has 0 aliphatic carbocycles. The van der Waals surface area contributed by atoms with Gasteiger partial charge in [-0.3, -0.25) is 0 Å². The molecule has 1 aromatic heterocycles. The lowest BCUT2D eigenvalue weighted by Gasteiger charge is -2.19. The van der Waals surface area contributed by atoms with Crippen molar-refractivity contribution in [2.75, 3.05) is 5.75 Å². The van der Waals surface area contributed by atoms with Gasteiger partial charge in [0.25, 0.3) is 0 Å². The molecule has 0 unspecified atom stereocenters.